The molecule has 2 aromatic rings. The van der Waals surface area contributed by atoms with Gasteiger partial charge in [0.05, 0.1) is 34.5 Å². The molecule has 3 N–H and O–H groups in total. The molecular weight excluding hydrogens is 461 g/mol. The largest absolute Gasteiger partial charge is 0.468 e. The number of β-amino-alcohol motifs (C(OH)–C–C–N with tert-alkyl or cyclic N) is 1. The Labute approximate surface area is 203 Å². The number of aliphatic hydroxyl groups is 1. The maximum atomic E-state index is 14.7. The standard InChI is InChI=1S/C22H23ClFN3O2.C3H6O2/c23-16-6-1-5-15(13-9-10-13)19(16)22(29)26-18-8-2-7-17(24)20(18)21(25)27-11-3-4-14(28)12-27;1-2-5-3-4/h1-2,5-8,13-14,25,28H,3-4,9-12H2,(H,26,29);3H,2H2,1H3. The van der Waals surface area contributed by atoms with E-state index in [-0.39, 0.29) is 23.6 Å². The van der Waals surface area contributed by atoms with Crippen molar-refractivity contribution in [1.29, 1.82) is 5.41 Å². The van der Waals surface area contributed by atoms with E-state index in [1.165, 1.54) is 12.1 Å². The Bertz CT molecular complexity index is 1040. The number of rotatable bonds is 6. The van der Waals surface area contributed by atoms with Crippen molar-refractivity contribution in [1.82, 2.24) is 4.90 Å². The predicted octanol–water partition coefficient (Wildman–Crippen LogP) is 4.57. The second-order valence-corrected chi connectivity index (χ2v) is 8.64. The van der Waals surface area contributed by atoms with Crippen molar-refractivity contribution in [2.45, 2.75) is 44.6 Å². The lowest BCUT2D eigenvalue weighted by atomic mass is 10.0. The number of carbonyl (C=O) groups excluding carboxylic acids is 2. The smallest absolute Gasteiger partial charge is 0.293 e. The van der Waals surface area contributed by atoms with E-state index in [9.17, 15) is 19.1 Å². The summed E-state index contributed by atoms with van der Waals surface area (Å²) in [7, 11) is 0. The van der Waals surface area contributed by atoms with Crippen molar-refractivity contribution in [3.8, 4) is 0 Å². The molecule has 34 heavy (non-hydrogen) atoms. The second kappa shape index (κ2) is 11.9. The molecule has 1 saturated carbocycles. The number of carbonyl (C=O) groups is 2. The van der Waals surface area contributed by atoms with Gasteiger partial charge in [0.25, 0.3) is 12.4 Å². The summed E-state index contributed by atoms with van der Waals surface area (Å²) in [6.45, 7) is 3.50. The Kier molecular flexibility index (Phi) is 9.01. The van der Waals surface area contributed by atoms with Gasteiger partial charge in [-0.05, 0) is 62.3 Å². The Morgan fingerprint density at radius 1 is 1.26 bits per heavy atom. The monoisotopic (exact) mass is 489 g/mol. The molecule has 2 aromatic carbocycles. The Morgan fingerprint density at radius 2 is 2.00 bits per heavy atom. The average molecular weight is 490 g/mol. The molecule has 2 aliphatic rings. The highest BCUT2D eigenvalue weighted by atomic mass is 35.5. The van der Waals surface area contributed by atoms with Crippen LogP contribution in [-0.2, 0) is 9.53 Å². The van der Waals surface area contributed by atoms with Crippen LogP contribution in [0.3, 0.4) is 0 Å². The van der Waals surface area contributed by atoms with Crippen molar-refractivity contribution >= 4 is 35.5 Å². The number of nitrogens with one attached hydrogen (secondary N) is 2. The highest BCUT2D eigenvalue weighted by Gasteiger charge is 2.30. The molecule has 9 heteroatoms. The summed E-state index contributed by atoms with van der Waals surface area (Å²) >= 11 is 6.32. The SMILES string of the molecule is CCOC=O.N=C(c1c(F)cccc1NC(=O)c1c(Cl)cccc1C1CC1)N1CCCC(O)C1. The number of hydrogen-bond donors (Lipinski definition) is 3. The number of ether oxygens (including phenoxy) is 1. The van der Waals surface area contributed by atoms with Crippen LogP contribution >= 0.6 is 11.6 Å². The lowest BCUT2D eigenvalue weighted by molar-refractivity contribution is -0.128. The summed E-state index contributed by atoms with van der Waals surface area (Å²) in [4.78, 5) is 23.9. The maximum absolute atomic E-state index is 14.7. The first kappa shape index (κ1) is 25.6. The van der Waals surface area contributed by atoms with Crippen LogP contribution in [0.1, 0.15) is 60.0 Å². The number of amides is 1. The molecule has 0 radical (unpaired) electrons. The van der Waals surface area contributed by atoms with Gasteiger partial charge in [-0.15, -0.1) is 0 Å². The summed E-state index contributed by atoms with van der Waals surface area (Å²) < 4.78 is 18.8. The van der Waals surface area contributed by atoms with Gasteiger partial charge in [-0.1, -0.05) is 29.8 Å². The third-order valence-corrected chi connectivity index (χ3v) is 6.05. The van der Waals surface area contributed by atoms with Gasteiger partial charge in [-0.25, -0.2) is 4.39 Å². The zero-order chi connectivity index (χ0) is 24.7. The van der Waals surface area contributed by atoms with Crippen molar-refractivity contribution in [2.75, 3.05) is 25.0 Å². The molecule has 1 atom stereocenters. The van der Waals surface area contributed by atoms with E-state index in [0.29, 0.717) is 42.5 Å². The van der Waals surface area contributed by atoms with E-state index in [1.807, 2.05) is 12.1 Å². The molecule has 1 aliphatic heterocycles. The minimum Gasteiger partial charge on any atom is -0.468 e. The number of likely N-dealkylation sites (tertiary alicyclic amines) is 1. The van der Waals surface area contributed by atoms with E-state index in [2.05, 4.69) is 10.1 Å². The molecule has 2 fully saturated rings. The molecule has 1 heterocycles. The van der Waals surface area contributed by atoms with Crippen molar-refractivity contribution < 1.29 is 23.8 Å². The van der Waals surface area contributed by atoms with Gasteiger partial charge < -0.3 is 20.1 Å². The van der Waals surface area contributed by atoms with Crippen LogP contribution in [0.5, 0.6) is 0 Å². The number of aliphatic hydroxyl groups excluding tert-OH is 1. The quantitative estimate of drug-likeness (QED) is 0.313. The lowest BCUT2D eigenvalue weighted by Gasteiger charge is -2.32. The summed E-state index contributed by atoms with van der Waals surface area (Å²) in [5, 5.41) is 21.5. The van der Waals surface area contributed by atoms with Gasteiger partial charge in [-0.2, -0.15) is 0 Å². The minimum atomic E-state index is -0.588. The van der Waals surface area contributed by atoms with Crippen LogP contribution in [0.15, 0.2) is 36.4 Å². The Morgan fingerprint density at radius 3 is 2.62 bits per heavy atom. The van der Waals surface area contributed by atoms with Gasteiger partial charge in [-0.3, -0.25) is 15.0 Å². The van der Waals surface area contributed by atoms with Crippen LogP contribution in [0.25, 0.3) is 0 Å². The molecular formula is C25H29ClFN3O4. The van der Waals surface area contributed by atoms with Crippen LogP contribution in [0.2, 0.25) is 5.02 Å². The highest BCUT2D eigenvalue weighted by molar-refractivity contribution is 6.34. The Hall–Kier alpha value is -2.97. The van der Waals surface area contributed by atoms with Gasteiger partial charge >= 0.3 is 0 Å². The maximum Gasteiger partial charge on any atom is 0.293 e. The predicted molar refractivity (Wildman–Crippen MR) is 129 cm³/mol. The first-order chi connectivity index (χ1) is 16.4. The molecule has 1 saturated heterocycles. The van der Waals surface area contributed by atoms with Crippen molar-refractivity contribution in [3.05, 3.63) is 63.9 Å². The molecule has 7 nitrogen and oxygen atoms in total. The van der Waals surface area contributed by atoms with Gasteiger partial charge in [0, 0.05) is 13.1 Å². The highest BCUT2D eigenvalue weighted by Crippen LogP contribution is 2.43. The zero-order valence-corrected chi connectivity index (χ0v) is 19.8. The topological polar surface area (TPSA) is 103 Å². The van der Waals surface area contributed by atoms with E-state index >= 15 is 0 Å². The van der Waals surface area contributed by atoms with Crippen molar-refractivity contribution in [2.24, 2.45) is 0 Å². The third kappa shape index (κ3) is 6.33. The van der Waals surface area contributed by atoms with Gasteiger partial charge in [0.15, 0.2) is 0 Å². The molecule has 1 aliphatic carbocycles. The van der Waals surface area contributed by atoms with E-state index in [0.717, 1.165) is 24.8 Å². The van der Waals surface area contributed by atoms with E-state index < -0.39 is 17.8 Å². The number of piperidine rings is 1. The fourth-order valence-corrected chi connectivity index (χ4v) is 4.22. The fourth-order valence-electron chi connectivity index (χ4n) is 3.95. The van der Waals surface area contributed by atoms with Crippen LogP contribution in [0.4, 0.5) is 10.1 Å². The van der Waals surface area contributed by atoms with E-state index in [1.54, 1.807) is 24.0 Å². The number of amidine groups is 1. The molecule has 0 spiro atoms. The Balaban J connectivity index is 0.000000588. The molecule has 4 rings (SSSR count). The van der Waals surface area contributed by atoms with Crippen LogP contribution in [-0.4, -0.2) is 54.0 Å². The first-order valence-electron chi connectivity index (χ1n) is 11.3. The van der Waals surface area contributed by atoms with Gasteiger partial charge in [0.2, 0.25) is 0 Å². The fraction of sp³-hybridized carbons (Fsp3) is 0.400. The first-order valence-corrected chi connectivity index (χ1v) is 11.7. The summed E-state index contributed by atoms with van der Waals surface area (Å²) in [6, 6.07) is 9.76. The molecule has 1 unspecified atom stereocenters. The third-order valence-electron chi connectivity index (χ3n) is 5.74. The normalized spacial score (nSPS) is 17.3. The second-order valence-electron chi connectivity index (χ2n) is 8.24. The van der Waals surface area contributed by atoms with Crippen LogP contribution < -0.4 is 5.32 Å². The van der Waals surface area contributed by atoms with Gasteiger partial charge in [0.1, 0.15) is 11.7 Å². The van der Waals surface area contributed by atoms with Crippen molar-refractivity contribution in [3.63, 3.8) is 0 Å². The number of benzene rings is 2. The zero-order valence-electron chi connectivity index (χ0n) is 19.0. The molecule has 1 amide bonds. The minimum absolute atomic E-state index is 0.0231. The lowest BCUT2D eigenvalue weighted by Crippen LogP contribution is -2.42. The number of anilines is 1. The number of halogens is 2. The number of hydrogen-bond acceptors (Lipinski definition) is 5. The summed E-state index contributed by atoms with van der Waals surface area (Å²) in [6.07, 6.45) is 2.89. The van der Waals surface area contributed by atoms with E-state index in [4.69, 9.17) is 17.0 Å². The summed E-state index contributed by atoms with van der Waals surface area (Å²) in [5.41, 5.74) is 1.56. The van der Waals surface area contributed by atoms with Crippen LogP contribution in [0, 0.1) is 11.2 Å². The average Bonchev–Trinajstić information content (AvgIpc) is 3.65. The number of nitrogens with zero attached hydrogens (tertiary/aromatic N) is 1. The molecule has 182 valence electrons. The molecule has 0 aromatic heterocycles. The molecule has 0 bridgehead atoms. The summed E-state index contributed by atoms with van der Waals surface area (Å²) in [5.74, 6) is -0.710.